The van der Waals surface area contributed by atoms with Gasteiger partial charge in [-0.3, -0.25) is 9.59 Å². The second-order valence-electron chi connectivity index (χ2n) is 11.3. The first-order valence-corrected chi connectivity index (χ1v) is 13.6. The third kappa shape index (κ3) is 2.73. The fourth-order valence-electron chi connectivity index (χ4n) is 8.16. The van der Waals surface area contributed by atoms with Crippen LogP contribution in [0, 0.1) is 29.6 Å². The number of ketones is 1. The van der Waals surface area contributed by atoms with Crippen LogP contribution in [0.4, 0.5) is 8.78 Å². The Hall–Kier alpha value is -1.81. The number of halogens is 2. The number of fused-ring (bicyclic) bond motifs is 7. The molecule has 194 valence electrons. The summed E-state index contributed by atoms with van der Waals surface area (Å²) in [6.07, 6.45) is 0.866. The van der Waals surface area contributed by atoms with Gasteiger partial charge in [0.1, 0.15) is 11.9 Å². The summed E-state index contributed by atoms with van der Waals surface area (Å²) in [5, 5.41) is 11.3. The van der Waals surface area contributed by atoms with Crippen molar-refractivity contribution in [2.24, 2.45) is 22.7 Å². The van der Waals surface area contributed by atoms with Gasteiger partial charge in [0.15, 0.2) is 22.8 Å². The third-order valence-corrected chi connectivity index (χ3v) is 10.5. The standard InChI is InChI=1S/C27H30F2O6S/c1-13-5-6-19(33-13)22-34-21-11-15-16-10-18(28)17-9-14(30)7-8-24(17,2)26(16,29)20(31)12-25(15,3)27(21,35-22)23(32)36-4/h5-9,15-16,18,20-22,31H,10-12H2,1-4H3/t15-,16-,18-,20-,21+,22?,24-,25-,26-,27-/m0/s1. The molecular weight excluding hydrogens is 490 g/mol. The van der Waals surface area contributed by atoms with E-state index in [0.717, 1.165) is 11.8 Å². The van der Waals surface area contributed by atoms with Crippen LogP contribution in [0.3, 0.4) is 0 Å². The molecule has 10 atom stereocenters. The van der Waals surface area contributed by atoms with Crippen LogP contribution in [0.1, 0.15) is 50.9 Å². The van der Waals surface area contributed by atoms with E-state index in [-0.39, 0.29) is 35.7 Å². The molecule has 0 bridgehead atoms. The van der Waals surface area contributed by atoms with Crippen molar-refractivity contribution in [3.05, 3.63) is 47.5 Å². The van der Waals surface area contributed by atoms with Crippen molar-refractivity contribution < 1.29 is 37.4 Å². The van der Waals surface area contributed by atoms with Crippen LogP contribution in [0.25, 0.3) is 0 Å². The molecule has 5 aliphatic rings. The molecule has 6 rings (SSSR count). The second kappa shape index (κ2) is 7.62. The Morgan fingerprint density at radius 3 is 2.64 bits per heavy atom. The molecule has 9 heteroatoms. The smallest absolute Gasteiger partial charge is 0.223 e. The van der Waals surface area contributed by atoms with Crippen LogP contribution in [0.2, 0.25) is 0 Å². The van der Waals surface area contributed by atoms with Gasteiger partial charge in [-0.2, -0.15) is 0 Å². The van der Waals surface area contributed by atoms with Gasteiger partial charge in [0, 0.05) is 16.7 Å². The van der Waals surface area contributed by atoms with Gasteiger partial charge in [0.2, 0.25) is 11.4 Å². The van der Waals surface area contributed by atoms with Gasteiger partial charge in [0.25, 0.3) is 0 Å². The Bertz CT molecular complexity index is 1210. The van der Waals surface area contributed by atoms with Gasteiger partial charge < -0.3 is 19.0 Å². The van der Waals surface area contributed by atoms with Gasteiger partial charge >= 0.3 is 0 Å². The highest BCUT2D eigenvalue weighted by Crippen LogP contribution is 2.73. The molecule has 6 nitrogen and oxygen atoms in total. The van der Waals surface area contributed by atoms with Gasteiger partial charge in [-0.05, 0) is 75.1 Å². The van der Waals surface area contributed by atoms with Crippen LogP contribution in [0.5, 0.6) is 0 Å². The topological polar surface area (TPSA) is 86.0 Å². The summed E-state index contributed by atoms with van der Waals surface area (Å²) >= 11 is 1.01. The number of carbonyl (C=O) groups is 2. The zero-order chi connectivity index (χ0) is 25.8. The first kappa shape index (κ1) is 24.5. The van der Waals surface area contributed by atoms with Crippen molar-refractivity contribution >= 4 is 22.7 Å². The number of aliphatic hydroxyl groups excluding tert-OH is 1. The summed E-state index contributed by atoms with van der Waals surface area (Å²) in [5.41, 5.74) is -6.09. The molecule has 1 aromatic heterocycles. The van der Waals surface area contributed by atoms with Crippen molar-refractivity contribution in [2.45, 2.75) is 76.0 Å². The molecule has 1 N–H and O–H groups in total. The Balaban J connectivity index is 1.45. The van der Waals surface area contributed by atoms with E-state index < -0.39 is 58.6 Å². The average Bonchev–Trinajstić information content (AvgIpc) is 3.49. The number of ether oxygens (including phenoxy) is 2. The lowest BCUT2D eigenvalue weighted by molar-refractivity contribution is -0.233. The quantitative estimate of drug-likeness (QED) is 0.612. The molecule has 4 fully saturated rings. The van der Waals surface area contributed by atoms with E-state index in [1.165, 1.54) is 18.2 Å². The monoisotopic (exact) mass is 520 g/mol. The highest BCUT2D eigenvalue weighted by molar-refractivity contribution is 8.13. The number of aryl methyl sites for hydroxylation is 1. The molecule has 2 heterocycles. The summed E-state index contributed by atoms with van der Waals surface area (Å²) in [5.74, 6) is -0.675. The zero-order valence-corrected chi connectivity index (χ0v) is 21.4. The molecule has 4 aliphatic carbocycles. The minimum atomic E-state index is -2.22. The van der Waals surface area contributed by atoms with E-state index in [0.29, 0.717) is 11.5 Å². The molecule has 1 aromatic rings. The first-order valence-electron chi connectivity index (χ1n) is 12.4. The Kier molecular flexibility index (Phi) is 5.19. The van der Waals surface area contributed by atoms with Crippen LogP contribution in [0.15, 0.2) is 40.4 Å². The fraction of sp³-hybridized carbons (Fsp3) is 0.630. The summed E-state index contributed by atoms with van der Waals surface area (Å²) in [4.78, 5) is 25.6. The molecular formula is C27H30F2O6S. The largest absolute Gasteiger partial charge is 0.461 e. The van der Waals surface area contributed by atoms with Gasteiger partial charge in [-0.15, -0.1) is 0 Å². The van der Waals surface area contributed by atoms with Crippen molar-refractivity contribution in [1.82, 2.24) is 0 Å². The second-order valence-corrected chi connectivity index (χ2v) is 12.1. The SMILES string of the molecule is CSC(=O)[C@@]12OC(c3ccc(C)o3)O[C@@H]1C[C@H]1[C@@H]3C[C@H](F)C4=CC(=O)C=C[C@]4(C)[C@@]3(F)[C@@H](O)C[C@@]12C. The van der Waals surface area contributed by atoms with Crippen molar-refractivity contribution in [3.63, 3.8) is 0 Å². The fourth-order valence-corrected chi connectivity index (χ4v) is 8.87. The minimum absolute atomic E-state index is 0.0671. The minimum Gasteiger partial charge on any atom is -0.461 e. The first-order chi connectivity index (χ1) is 16.9. The number of alkyl halides is 2. The van der Waals surface area contributed by atoms with E-state index in [1.807, 2.05) is 6.92 Å². The number of thioether (sulfide) groups is 1. The number of rotatable bonds is 2. The zero-order valence-electron chi connectivity index (χ0n) is 20.6. The highest BCUT2D eigenvalue weighted by Gasteiger charge is 2.80. The van der Waals surface area contributed by atoms with Crippen molar-refractivity contribution in [1.29, 1.82) is 0 Å². The van der Waals surface area contributed by atoms with Crippen molar-refractivity contribution in [2.75, 3.05) is 6.26 Å². The average molecular weight is 521 g/mol. The molecule has 0 aromatic carbocycles. The van der Waals surface area contributed by atoms with Gasteiger partial charge in [0.05, 0.1) is 12.2 Å². The number of furan rings is 1. The molecule has 0 radical (unpaired) electrons. The number of allylic oxidation sites excluding steroid dienone is 4. The van der Waals surface area contributed by atoms with Crippen LogP contribution < -0.4 is 0 Å². The molecule has 3 saturated carbocycles. The Labute approximate surface area is 212 Å². The van der Waals surface area contributed by atoms with Gasteiger partial charge in [-0.25, -0.2) is 8.78 Å². The van der Waals surface area contributed by atoms with E-state index in [2.05, 4.69) is 0 Å². The van der Waals surface area contributed by atoms with E-state index in [1.54, 1.807) is 32.2 Å². The molecule has 1 unspecified atom stereocenters. The van der Waals surface area contributed by atoms with E-state index in [4.69, 9.17) is 13.9 Å². The maximum absolute atomic E-state index is 17.4. The predicted octanol–water partition coefficient (Wildman–Crippen LogP) is 4.56. The van der Waals surface area contributed by atoms with Crippen LogP contribution in [-0.2, 0) is 19.1 Å². The third-order valence-electron chi connectivity index (χ3n) is 9.85. The maximum Gasteiger partial charge on any atom is 0.223 e. The number of hydrogen-bond acceptors (Lipinski definition) is 7. The Morgan fingerprint density at radius 1 is 1.22 bits per heavy atom. The molecule has 1 aliphatic heterocycles. The predicted molar refractivity (Wildman–Crippen MR) is 127 cm³/mol. The number of hydrogen-bond donors (Lipinski definition) is 1. The highest BCUT2D eigenvalue weighted by atomic mass is 32.2. The number of aliphatic hydroxyl groups is 1. The van der Waals surface area contributed by atoms with Crippen LogP contribution in [-0.4, -0.2) is 51.9 Å². The number of carbonyl (C=O) groups excluding carboxylic acids is 2. The summed E-state index contributed by atoms with van der Waals surface area (Å²) in [6.45, 7) is 5.20. The van der Waals surface area contributed by atoms with E-state index >= 15 is 8.78 Å². The van der Waals surface area contributed by atoms with Gasteiger partial charge in [-0.1, -0.05) is 24.8 Å². The maximum atomic E-state index is 17.4. The van der Waals surface area contributed by atoms with E-state index in [9.17, 15) is 14.7 Å². The molecule has 1 saturated heterocycles. The summed E-state index contributed by atoms with van der Waals surface area (Å²) < 4.78 is 51.4. The molecule has 0 spiro atoms. The normalized spacial score (nSPS) is 49.2. The molecule has 0 amide bonds. The van der Waals surface area contributed by atoms with Crippen LogP contribution >= 0.6 is 11.8 Å². The summed E-state index contributed by atoms with van der Waals surface area (Å²) in [7, 11) is 0. The Morgan fingerprint density at radius 2 is 1.97 bits per heavy atom. The molecule has 36 heavy (non-hydrogen) atoms. The lowest BCUT2D eigenvalue weighted by atomic mass is 9.44. The summed E-state index contributed by atoms with van der Waals surface area (Å²) in [6, 6.07) is 3.52. The lowest BCUT2D eigenvalue weighted by Gasteiger charge is -2.63. The van der Waals surface area contributed by atoms with Crippen molar-refractivity contribution in [3.8, 4) is 0 Å². The lowest BCUT2D eigenvalue weighted by Crippen LogP contribution is -2.70.